The average molecular weight is 730 g/mol. The molecule has 0 saturated heterocycles. The van der Waals surface area contributed by atoms with Crippen LogP contribution >= 0.6 is 0 Å². The van der Waals surface area contributed by atoms with Crippen molar-refractivity contribution >= 4 is 38.6 Å². The van der Waals surface area contributed by atoms with E-state index in [9.17, 15) is 0 Å². The molecular weight excluding hydrogens is 687 g/mol. The third kappa shape index (κ3) is 5.08. The molecule has 0 atom stereocenters. The largest absolute Gasteiger partial charge is 0.309 e. The summed E-state index contributed by atoms with van der Waals surface area (Å²) in [4.78, 5) is 2.44. The van der Waals surface area contributed by atoms with E-state index in [1.807, 2.05) is 0 Å². The summed E-state index contributed by atoms with van der Waals surface area (Å²) in [7, 11) is 0. The summed E-state index contributed by atoms with van der Waals surface area (Å²) in [6.45, 7) is 9.45. The van der Waals surface area contributed by atoms with Crippen molar-refractivity contribution in [2.75, 3.05) is 4.90 Å². The molecule has 11 rings (SSSR count). The molecule has 0 amide bonds. The van der Waals surface area contributed by atoms with Gasteiger partial charge in [0.25, 0.3) is 0 Å². The van der Waals surface area contributed by atoms with Gasteiger partial charge in [0.1, 0.15) is 0 Å². The molecular formula is C56H43N. The Hall–Kier alpha value is -6.70. The van der Waals surface area contributed by atoms with Gasteiger partial charge >= 0.3 is 0 Å². The molecule has 57 heavy (non-hydrogen) atoms. The third-order valence-corrected chi connectivity index (χ3v) is 13.0. The Balaban J connectivity index is 1.12. The Bertz CT molecular complexity index is 2850. The molecule has 0 saturated carbocycles. The van der Waals surface area contributed by atoms with Crippen LogP contribution in [0.5, 0.6) is 0 Å². The Morgan fingerprint density at radius 3 is 1.14 bits per heavy atom. The van der Waals surface area contributed by atoms with E-state index in [1.54, 1.807) is 0 Å². The van der Waals surface area contributed by atoms with Crippen LogP contribution in [0.2, 0.25) is 0 Å². The van der Waals surface area contributed by atoms with E-state index in [-0.39, 0.29) is 10.8 Å². The van der Waals surface area contributed by atoms with Crippen LogP contribution in [0.15, 0.2) is 188 Å². The van der Waals surface area contributed by atoms with Crippen molar-refractivity contribution in [1.29, 1.82) is 0 Å². The molecule has 0 aromatic heterocycles. The lowest BCUT2D eigenvalue weighted by atomic mass is 9.81. The van der Waals surface area contributed by atoms with E-state index in [0.29, 0.717) is 0 Å². The van der Waals surface area contributed by atoms with Gasteiger partial charge in [0.15, 0.2) is 0 Å². The SMILES string of the molecule is CC1(C)c2ccccc2-c2ccc(-c3ccc4c(N(c5ccccc5)c5ccccc5)c5ccc(-c6ccc7c(c6)C(C)(C)c6ccccc6-7)cc5cc4c3)cc21. The lowest BCUT2D eigenvalue weighted by molar-refractivity contribution is 0.660. The van der Waals surface area contributed by atoms with Crippen molar-refractivity contribution in [3.8, 4) is 44.5 Å². The molecule has 0 radical (unpaired) electrons. The summed E-state index contributed by atoms with van der Waals surface area (Å²) in [5.41, 5.74) is 19.3. The monoisotopic (exact) mass is 729 g/mol. The molecule has 0 aliphatic heterocycles. The predicted octanol–water partition coefficient (Wildman–Crippen LogP) is 15.4. The minimum atomic E-state index is -0.0556. The fourth-order valence-corrected chi connectivity index (χ4v) is 10.0. The van der Waals surface area contributed by atoms with Gasteiger partial charge in [-0.1, -0.05) is 161 Å². The van der Waals surface area contributed by atoms with Crippen molar-refractivity contribution < 1.29 is 0 Å². The van der Waals surface area contributed by atoms with Crippen LogP contribution in [0.4, 0.5) is 17.1 Å². The van der Waals surface area contributed by atoms with E-state index < -0.39 is 0 Å². The van der Waals surface area contributed by atoms with E-state index >= 15 is 0 Å². The van der Waals surface area contributed by atoms with Gasteiger partial charge in [0.05, 0.1) is 5.69 Å². The second kappa shape index (κ2) is 12.4. The fraction of sp³-hybridized carbons (Fsp3) is 0.107. The van der Waals surface area contributed by atoms with Gasteiger partial charge in [-0.05, 0) is 132 Å². The number of rotatable bonds is 5. The summed E-state index contributed by atoms with van der Waals surface area (Å²) in [6, 6.07) is 70.1. The molecule has 0 heterocycles. The first-order valence-electron chi connectivity index (χ1n) is 20.2. The van der Waals surface area contributed by atoms with Crippen LogP contribution in [0.25, 0.3) is 66.1 Å². The topological polar surface area (TPSA) is 3.24 Å². The van der Waals surface area contributed by atoms with E-state index in [0.717, 1.165) is 11.4 Å². The molecule has 272 valence electrons. The molecule has 1 nitrogen and oxygen atoms in total. The Morgan fingerprint density at radius 1 is 0.316 bits per heavy atom. The number of benzene rings is 9. The maximum Gasteiger partial charge on any atom is 0.0618 e. The van der Waals surface area contributed by atoms with Gasteiger partial charge in [-0.2, -0.15) is 0 Å². The highest BCUT2D eigenvalue weighted by Gasteiger charge is 2.36. The lowest BCUT2D eigenvalue weighted by Gasteiger charge is -2.29. The van der Waals surface area contributed by atoms with Gasteiger partial charge in [-0.3, -0.25) is 0 Å². The number of anilines is 3. The van der Waals surface area contributed by atoms with Crippen LogP contribution in [0.1, 0.15) is 49.9 Å². The zero-order valence-corrected chi connectivity index (χ0v) is 32.8. The number of nitrogens with zero attached hydrogens (tertiary/aromatic N) is 1. The second-order valence-electron chi connectivity index (χ2n) is 17.0. The number of hydrogen-bond donors (Lipinski definition) is 0. The predicted molar refractivity (Wildman–Crippen MR) is 242 cm³/mol. The summed E-state index contributed by atoms with van der Waals surface area (Å²) in [5, 5.41) is 4.88. The van der Waals surface area contributed by atoms with Crippen molar-refractivity contribution in [1.82, 2.24) is 0 Å². The van der Waals surface area contributed by atoms with Gasteiger partial charge in [-0.25, -0.2) is 0 Å². The van der Waals surface area contributed by atoms with E-state index in [1.165, 1.54) is 94.0 Å². The lowest BCUT2D eigenvalue weighted by Crippen LogP contribution is -2.14. The summed E-state index contributed by atoms with van der Waals surface area (Å²) in [5.74, 6) is 0. The molecule has 0 N–H and O–H groups in total. The maximum absolute atomic E-state index is 2.44. The highest BCUT2D eigenvalue weighted by atomic mass is 15.1. The zero-order chi connectivity index (χ0) is 38.5. The molecule has 9 aromatic rings. The normalized spacial score (nSPS) is 14.2. The number of hydrogen-bond acceptors (Lipinski definition) is 1. The summed E-state index contributed by atoms with van der Waals surface area (Å²) >= 11 is 0. The van der Waals surface area contributed by atoms with Crippen molar-refractivity contribution in [3.63, 3.8) is 0 Å². The first-order valence-corrected chi connectivity index (χ1v) is 20.2. The fourth-order valence-electron chi connectivity index (χ4n) is 10.0. The molecule has 1 heteroatoms. The third-order valence-electron chi connectivity index (χ3n) is 13.0. The van der Waals surface area contributed by atoms with Crippen molar-refractivity contribution in [3.05, 3.63) is 210 Å². The number of para-hydroxylation sites is 2. The van der Waals surface area contributed by atoms with Gasteiger partial charge in [0.2, 0.25) is 0 Å². The van der Waals surface area contributed by atoms with Crippen molar-refractivity contribution in [2.45, 2.75) is 38.5 Å². The van der Waals surface area contributed by atoms with Crippen molar-refractivity contribution in [2.24, 2.45) is 0 Å². The van der Waals surface area contributed by atoms with E-state index in [2.05, 4.69) is 221 Å². The molecule has 0 bridgehead atoms. The summed E-state index contributed by atoms with van der Waals surface area (Å²) < 4.78 is 0. The Kier molecular flexibility index (Phi) is 7.32. The highest BCUT2D eigenvalue weighted by molar-refractivity contribution is 6.15. The number of fused-ring (bicyclic) bond motifs is 8. The van der Waals surface area contributed by atoms with E-state index in [4.69, 9.17) is 0 Å². The standard InChI is InChI=1S/C56H43N/c1-55(2)50-21-13-11-19-46(50)48-29-25-38(34-52(48)55)36-23-27-44-40(31-36)33-41-32-37(39-26-30-49-47-20-12-14-22-51(47)56(3,4)53(49)35-39)24-28-45(41)54(44)57(42-15-7-5-8-16-42)43-17-9-6-10-18-43/h5-35H,1-4H3. The minimum absolute atomic E-state index is 0.0556. The average Bonchev–Trinajstić information content (AvgIpc) is 3.62. The van der Waals surface area contributed by atoms with Crippen LogP contribution < -0.4 is 4.90 Å². The molecule has 0 unspecified atom stereocenters. The Labute approximate surface area is 335 Å². The first-order chi connectivity index (χ1) is 27.8. The van der Waals surface area contributed by atoms with Crippen LogP contribution in [-0.4, -0.2) is 0 Å². The quantitative estimate of drug-likeness (QED) is 0.159. The smallest absolute Gasteiger partial charge is 0.0618 e. The first kappa shape index (κ1) is 33.6. The molecule has 0 spiro atoms. The minimum Gasteiger partial charge on any atom is -0.309 e. The zero-order valence-electron chi connectivity index (χ0n) is 32.8. The molecule has 2 aliphatic rings. The van der Waals surface area contributed by atoms with Gasteiger partial charge in [-0.15, -0.1) is 0 Å². The van der Waals surface area contributed by atoms with Crippen LogP contribution in [0, 0.1) is 0 Å². The highest BCUT2D eigenvalue weighted by Crippen LogP contribution is 2.52. The van der Waals surface area contributed by atoms with Gasteiger partial charge < -0.3 is 4.90 Å². The molecule has 9 aromatic carbocycles. The van der Waals surface area contributed by atoms with Crippen LogP contribution in [-0.2, 0) is 10.8 Å². The van der Waals surface area contributed by atoms with Crippen LogP contribution in [0.3, 0.4) is 0 Å². The summed E-state index contributed by atoms with van der Waals surface area (Å²) in [6.07, 6.45) is 0. The van der Waals surface area contributed by atoms with Gasteiger partial charge in [0, 0.05) is 33.0 Å². The maximum atomic E-state index is 2.44. The molecule has 2 aliphatic carbocycles. The Morgan fingerprint density at radius 2 is 0.684 bits per heavy atom. The molecule has 0 fully saturated rings. The second-order valence-corrected chi connectivity index (χ2v) is 17.0.